The Hall–Kier alpha value is -2.00. The molecule has 0 bridgehead atoms. The summed E-state index contributed by atoms with van der Waals surface area (Å²) in [6.07, 6.45) is 0.303. The van der Waals surface area contributed by atoms with Crippen LogP contribution in [-0.4, -0.2) is 12.5 Å². The fraction of sp³-hybridized carbons (Fsp3) is 0.316. The number of carbonyl (C=O) groups is 1. The molecular formula is C19H22ClNO2. The molecule has 1 amide bonds. The van der Waals surface area contributed by atoms with Crippen molar-refractivity contribution < 1.29 is 9.53 Å². The normalized spacial score (nSPS) is 10.6. The predicted octanol–water partition coefficient (Wildman–Crippen LogP) is 4.23. The standard InChI is InChI=1S/C19H22ClNO2/c1-14(2)13-23-18-9-8-16(10-17(18)20)11-19(22)21-12-15-6-4-3-5-7-15/h3-10,14H,11-13H2,1-2H3,(H,21,22). The Balaban J connectivity index is 1.87. The van der Waals surface area contributed by atoms with Crippen molar-refractivity contribution in [2.75, 3.05) is 6.61 Å². The van der Waals surface area contributed by atoms with E-state index in [1.54, 1.807) is 6.07 Å². The molecule has 0 radical (unpaired) electrons. The smallest absolute Gasteiger partial charge is 0.224 e. The van der Waals surface area contributed by atoms with E-state index in [9.17, 15) is 4.79 Å². The van der Waals surface area contributed by atoms with Gasteiger partial charge in [-0.15, -0.1) is 0 Å². The highest BCUT2D eigenvalue weighted by Crippen LogP contribution is 2.26. The number of carbonyl (C=O) groups excluding carboxylic acids is 1. The van der Waals surface area contributed by atoms with E-state index in [2.05, 4.69) is 19.2 Å². The van der Waals surface area contributed by atoms with Crippen LogP contribution in [0.3, 0.4) is 0 Å². The molecular weight excluding hydrogens is 310 g/mol. The van der Waals surface area contributed by atoms with Crippen LogP contribution in [0.4, 0.5) is 0 Å². The number of rotatable bonds is 7. The van der Waals surface area contributed by atoms with Crippen molar-refractivity contribution in [3.63, 3.8) is 0 Å². The van der Waals surface area contributed by atoms with Crippen LogP contribution in [0.5, 0.6) is 5.75 Å². The summed E-state index contributed by atoms with van der Waals surface area (Å²) >= 11 is 6.21. The van der Waals surface area contributed by atoms with Crippen LogP contribution >= 0.6 is 11.6 Å². The van der Waals surface area contributed by atoms with Crippen LogP contribution in [0.25, 0.3) is 0 Å². The highest BCUT2D eigenvalue weighted by molar-refractivity contribution is 6.32. The summed E-state index contributed by atoms with van der Waals surface area (Å²) < 4.78 is 5.63. The lowest BCUT2D eigenvalue weighted by Crippen LogP contribution is -2.24. The van der Waals surface area contributed by atoms with E-state index < -0.39 is 0 Å². The van der Waals surface area contributed by atoms with Crippen LogP contribution in [0.1, 0.15) is 25.0 Å². The van der Waals surface area contributed by atoms with Crippen molar-refractivity contribution in [3.05, 3.63) is 64.7 Å². The van der Waals surface area contributed by atoms with Crippen molar-refractivity contribution in [2.24, 2.45) is 5.92 Å². The Kier molecular flexibility index (Phi) is 6.48. The van der Waals surface area contributed by atoms with Gasteiger partial charge in [0.05, 0.1) is 18.1 Å². The van der Waals surface area contributed by atoms with Gasteiger partial charge in [-0.3, -0.25) is 4.79 Å². The Labute approximate surface area is 142 Å². The summed E-state index contributed by atoms with van der Waals surface area (Å²) in [5, 5.41) is 3.45. The van der Waals surface area contributed by atoms with Gasteiger partial charge in [0, 0.05) is 6.54 Å². The molecule has 1 N–H and O–H groups in total. The molecule has 0 fully saturated rings. The number of benzene rings is 2. The summed E-state index contributed by atoms with van der Waals surface area (Å²) in [6, 6.07) is 15.3. The van der Waals surface area contributed by atoms with Crippen LogP contribution in [-0.2, 0) is 17.8 Å². The minimum absolute atomic E-state index is 0.0271. The Morgan fingerprint density at radius 1 is 1.13 bits per heavy atom. The van der Waals surface area contributed by atoms with Gasteiger partial charge in [-0.1, -0.05) is 61.8 Å². The van der Waals surface area contributed by atoms with Gasteiger partial charge in [-0.2, -0.15) is 0 Å². The van der Waals surface area contributed by atoms with E-state index in [-0.39, 0.29) is 5.91 Å². The van der Waals surface area contributed by atoms with Gasteiger partial charge in [-0.25, -0.2) is 0 Å². The lowest BCUT2D eigenvalue weighted by atomic mass is 10.1. The monoisotopic (exact) mass is 331 g/mol. The largest absolute Gasteiger partial charge is 0.492 e. The third-order valence-corrected chi connectivity index (χ3v) is 3.56. The molecule has 2 aromatic rings. The van der Waals surface area contributed by atoms with E-state index in [1.807, 2.05) is 42.5 Å². The zero-order valence-corrected chi connectivity index (χ0v) is 14.3. The molecule has 0 aliphatic carbocycles. The molecule has 0 aliphatic heterocycles. The second-order valence-electron chi connectivity index (χ2n) is 5.91. The van der Waals surface area contributed by atoms with Gasteiger partial charge in [0.25, 0.3) is 0 Å². The fourth-order valence-electron chi connectivity index (χ4n) is 2.07. The van der Waals surface area contributed by atoms with E-state index in [0.29, 0.717) is 36.3 Å². The maximum Gasteiger partial charge on any atom is 0.224 e. The topological polar surface area (TPSA) is 38.3 Å². The molecule has 0 aliphatic rings. The van der Waals surface area contributed by atoms with Gasteiger partial charge in [0.2, 0.25) is 5.91 Å². The molecule has 122 valence electrons. The number of hydrogen-bond acceptors (Lipinski definition) is 2. The fourth-order valence-corrected chi connectivity index (χ4v) is 2.33. The molecule has 3 nitrogen and oxygen atoms in total. The summed E-state index contributed by atoms with van der Waals surface area (Å²) in [4.78, 5) is 12.0. The Morgan fingerprint density at radius 3 is 2.52 bits per heavy atom. The minimum atomic E-state index is -0.0271. The molecule has 0 unspecified atom stereocenters. The molecule has 4 heteroatoms. The van der Waals surface area contributed by atoms with Crippen LogP contribution in [0.2, 0.25) is 5.02 Å². The SMILES string of the molecule is CC(C)COc1ccc(CC(=O)NCc2ccccc2)cc1Cl. The van der Waals surface area contributed by atoms with Crippen molar-refractivity contribution in [1.29, 1.82) is 0 Å². The average molecular weight is 332 g/mol. The third kappa shape index (κ3) is 5.95. The first-order valence-corrected chi connectivity index (χ1v) is 8.14. The highest BCUT2D eigenvalue weighted by Gasteiger charge is 2.08. The van der Waals surface area contributed by atoms with Gasteiger partial charge in [0.1, 0.15) is 5.75 Å². The lowest BCUT2D eigenvalue weighted by Gasteiger charge is -2.11. The maximum atomic E-state index is 12.0. The first-order chi connectivity index (χ1) is 11.0. The molecule has 2 rings (SSSR count). The molecule has 23 heavy (non-hydrogen) atoms. The van der Waals surface area contributed by atoms with E-state index >= 15 is 0 Å². The Morgan fingerprint density at radius 2 is 1.87 bits per heavy atom. The Bertz CT molecular complexity index is 641. The first kappa shape index (κ1) is 17.4. The minimum Gasteiger partial charge on any atom is -0.492 e. The van der Waals surface area contributed by atoms with E-state index in [0.717, 1.165) is 11.1 Å². The summed E-state index contributed by atoms with van der Waals surface area (Å²) in [5.74, 6) is 1.07. The lowest BCUT2D eigenvalue weighted by molar-refractivity contribution is -0.120. The van der Waals surface area contributed by atoms with Crippen LogP contribution in [0, 0.1) is 5.92 Å². The van der Waals surface area contributed by atoms with Gasteiger partial charge in [0.15, 0.2) is 0 Å². The second kappa shape index (κ2) is 8.59. The van der Waals surface area contributed by atoms with Crippen molar-refractivity contribution >= 4 is 17.5 Å². The van der Waals surface area contributed by atoms with Gasteiger partial charge >= 0.3 is 0 Å². The average Bonchev–Trinajstić information content (AvgIpc) is 2.53. The zero-order chi connectivity index (χ0) is 16.7. The van der Waals surface area contributed by atoms with Crippen LogP contribution in [0.15, 0.2) is 48.5 Å². The van der Waals surface area contributed by atoms with Crippen molar-refractivity contribution in [1.82, 2.24) is 5.32 Å². The molecule has 2 aromatic carbocycles. The molecule has 0 saturated heterocycles. The highest BCUT2D eigenvalue weighted by atomic mass is 35.5. The number of amides is 1. The van der Waals surface area contributed by atoms with E-state index in [1.165, 1.54) is 0 Å². The molecule has 0 saturated carbocycles. The molecule has 0 spiro atoms. The molecule has 0 atom stereocenters. The first-order valence-electron chi connectivity index (χ1n) is 7.76. The van der Waals surface area contributed by atoms with Crippen molar-refractivity contribution in [2.45, 2.75) is 26.8 Å². The van der Waals surface area contributed by atoms with Gasteiger partial charge in [-0.05, 0) is 29.2 Å². The van der Waals surface area contributed by atoms with Crippen LogP contribution < -0.4 is 10.1 Å². The zero-order valence-electron chi connectivity index (χ0n) is 13.5. The van der Waals surface area contributed by atoms with Gasteiger partial charge < -0.3 is 10.1 Å². The number of nitrogens with one attached hydrogen (secondary N) is 1. The molecule has 0 heterocycles. The maximum absolute atomic E-state index is 12.0. The number of hydrogen-bond donors (Lipinski definition) is 1. The number of halogens is 1. The molecule has 0 aromatic heterocycles. The quantitative estimate of drug-likeness (QED) is 0.824. The summed E-state index contributed by atoms with van der Waals surface area (Å²) in [7, 11) is 0. The summed E-state index contributed by atoms with van der Waals surface area (Å²) in [6.45, 7) is 5.32. The summed E-state index contributed by atoms with van der Waals surface area (Å²) in [5.41, 5.74) is 1.95. The third-order valence-electron chi connectivity index (χ3n) is 3.27. The van der Waals surface area contributed by atoms with Crippen molar-refractivity contribution in [3.8, 4) is 5.75 Å². The second-order valence-corrected chi connectivity index (χ2v) is 6.32. The predicted molar refractivity (Wildman–Crippen MR) is 93.8 cm³/mol. The number of ether oxygens (including phenoxy) is 1. The van der Waals surface area contributed by atoms with E-state index in [4.69, 9.17) is 16.3 Å².